The number of imide groups is 4. The second kappa shape index (κ2) is 9.64. The second-order valence-corrected chi connectivity index (χ2v) is 12.0. The second-order valence-electron chi connectivity index (χ2n) is 11.5. The van der Waals surface area contributed by atoms with E-state index in [0.717, 1.165) is 0 Å². The van der Waals surface area contributed by atoms with Gasteiger partial charge in [0.1, 0.15) is 5.75 Å². The van der Waals surface area contributed by atoms with Gasteiger partial charge in [0.2, 0.25) is 23.6 Å². The maximum atomic E-state index is 15.0. The first-order valence-electron chi connectivity index (χ1n) is 14.0. The van der Waals surface area contributed by atoms with Gasteiger partial charge in [0, 0.05) is 10.9 Å². The van der Waals surface area contributed by atoms with E-state index < -0.39 is 64.7 Å². The van der Waals surface area contributed by atoms with Crippen molar-refractivity contribution >= 4 is 46.9 Å². The number of primary amides is 1. The van der Waals surface area contributed by atoms with E-state index in [0.29, 0.717) is 32.3 Å². The zero-order chi connectivity index (χ0) is 30.2. The highest BCUT2D eigenvalue weighted by atomic mass is 35.5. The fraction of sp³-hybridized carbons (Fsp3) is 0.242. The standard InChI is InChI=1S/C33H26ClN3O6/c34-19-9-5-10-20(15-19)36-29(40)25-16-24-22(12-13-23-26(24)30(41)37(28(23)39)32(35)43)27(17-6-4-11-21(38)14-17)33(25,31(36)42)18-7-2-1-3-8-18/h1-12,14-15,23-27,38H,13,16H2,(H2,35,43)/t23-,24+,25-,26-,27-,33+/m0/s1. The predicted molar refractivity (Wildman–Crippen MR) is 156 cm³/mol. The maximum absolute atomic E-state index is 15.0. The highest BCUT2D eigenvalue weighted by Gasteiger charge is 2.70. The molecule has 2 heterocycles. The van der Waals surface area contributed by atoms with Crippen molar-refractivity contribution in [3.8, 4) is 5.75 Å². The number of benzene rings is 3. The normalized spacial score (nSPS) is 29.7. The number of rotatable bonds is 3. The number of hydrogen-bond donors (Lipinski definition) is 2. The molecule has 3 aromatic carbocycles. The summed E-state index contributed by atoms with van der Waals surface area (Å²) in [6.07, 6.45) is 2.12. The van der Waals surface area contributed by atoms with Crippen molar-refractivity contribution < 1.29 is 29.1 Å². The summed E-state index contributed by atoms with van der Waals surface area (Å²) in [6, 6.07) is 21.0. The smallest absolute Gasteiger partial charge is 0.328 e. The molecule has 3 aromatic rings. The van der Waals surface area contributed by atoms with Gasteiger partial charge in [0.05, 0.1) is 28.9 Å². The molecule has 2 saturated heterocycles. The first-order valence-corrected chi connectivity index (χ1v) is 14.4. The third kappa shape index (κ3) is 3.67. The summed E-state index contributed by atoms with van der Waals surface area (Å²) in [5, 5.41) is 10.9. The molecule has 1 saturated carbocycles. The molecular weight excluding hydrogens is 570 g/mol. The molecule has 3 fully saturated rings. The summed E-state index contributed by atoms with van der Waals surface area (Å²) in [5.41, 5.74) is 6.23. The minimum atomic E-state index is -1.45. The van der Waals surface area contributed by atoms with Gasteiger partial charge < -0.3 is 10.8 Å². The predicted octanol–water partition coefficient (Wildman–Crippen LogP) is 4.29. The molecule has 0 radical (unpaired) electrons. The van der Waals surface area contributed by atoms with Crippen LogP contribution in [0.4, 0.5) is 10.5 Å². The maximum Gasteiger partial charge on any atom is 0.328 e. The topological polar surface area (TPSA) is 138 Å². The van der Waals surface area contributed by atoms with Crippen LogP contribution >= 0.6 is 11.6 Å². The third-order valence-corrected chi connectivity index (χ3v) is 9.83. The monoisotopic (exact) mass is 595 g/mol. The third-order valence-electron chi connectivity index (χ3n) is 9.59. The van der Waals surface area contributed by atoms with Crippen molar-refractivity contribution in [1.29, 1.82) is 0 Å². The molecule has 0 bridgehead atoms. The number of carbonyl (C=O) groups is 5. The number of likely N-dealkylation sites (tertiary alicyclic amines) is 1. The SMILES string of the molecule is NC(=O)N1C(=O)[C@H]2[C@H](CC=C3[C@H]2C[C@H]2C(=O)N(c4cccc(Cl)c4)C(=O)[C@@]2(c2ccccc2)[C@H]3c2cccc(O)c2)C1=O. The molecular formula is C33H26ClN3O6. The number of nitrogens with two attached hydrogens (primary N) is 1. The Morgan fingerprint density at radius 3 is 2.33 bits per heavy atom. The number of phenolic OH excluding ortho intramolecular Hbond substituents is 1. The van der Waals surface area contributed by atoms with E-state index in [4.69, 9.17) is 17.3 Å². The number of phenols is 1. The molecule has 0 spiro atoms. The molecule has 43 heavy (non-hydrogen) atoms. The number of hydrogen-bond acceptors (Lipinski definition) is 6. The summed E-state index contributed by atoms with van der Waals surface area (Å²) in [7, 11) is 0. The van der Waals surface area contributed by atoms with Gasteiger partial charge >= 0.3 is 6.03 Å². The van der Waals surface area contributed by atoms with Crippen LogP contribution < -0.4 is 10.6 Å². The summed E-state index contributed by atoms with van der Waals surface area (Å²) >= 11 is 6.30. The summed E-state index contributed by atoms with van der Waals surface area (Å²) < 4.78 is 0. The van der Waals surface area contributed by atoms with E-state index in [1.165, 1.54) is 11.0 Å². The zero-order valence-corrected chi connectivity index (χ0v) is 23.5. The van der Waals surface area contributed by atoms with Gasteiger partial charge in [0.25, 0.3) is 0 Å². The fourth-order valence-corrected chi connectivity index (χ4v) is 8.22. The van der Waals surface area contributed by atoms with Gasteiger partial charge in [-0.25, -0.2) is 9.69 Å². The molecule has 0 unspecified atom stereocenters. The lowest BCUT2D eigenvalue weighted by Gasteiger charge is -2.50. The van der Waals surface area contributed by atoms with Crippen LogP contribution in [-0.2, 0) is 24.6 Å². The van der Waals surface area contributed by atoms with Crippen molar-refractivity contribution in [1.82, 2.24) is 4.90 Å². The van der Waals surface area contributed by atoms with Gasteiger partial charge in [-0.1, -0.05) is 71.8 Å². The van der Waals surface area contributed by atoms with Crippen LogP contribution in [0.1, 0.15) is 29.9 Å². The van der Waals surface area contributed by atoms with Crippen LogP contribution in [0.5, 0.6) is 5.75 Å². The Balaban J connectivity index is 1.50. The van der Waals surface area contributed by atoms with Gasteiger partial charge in [-0.05, 0) is 60.2 Å². The van der Waals surface area contributed by atoms with Gasteiger partial charge in [0.15, 0.2) is 0 Å². The number of amides is 6. The average Bonchev–Trinajstić information content (AvgIpc) is 3.38. The molecule has 7 rings (SSSR count). The molecule has 9 nitrogen and oxygen atoms in total. The highest BCUT2D eigenvalue weighted by Crippen LogP contribution is 2.64. The summed E-state index contributed by atoms with van der Waals surface area (Å²) in [4.78, 5) is 70.1. The van der Waals surface area contributed by atoms with Crippen LogP contribution in [0.25, 0.3) is 0 Å². The average molecular weight is 596 g/mol. The van der Waals surface area contributed by atoms with E-state index in [2.05, 4.69) is 0 Å². The molecule has 10 heteroatoms. The zero-order valence-electron chi connectivity index (χ0n) is 22.7. The number of fused-ring (bicyclic) bond motifs is 4. The number of aromatic hydroxyl groups is 1. The van der Waals surface area contributed by atoms with Crippen molar-refractivity contribution in [2.24, 2.45) is 29.4 Å². The van der Waals surface area contributed by atoms with E-state index >= 15 is 0 Å². The fourth-order valence-electron chi connectivity index (χ4n) is 8.04. The van der Waals surface area contributed by atoms with Crippen molar-refractivity contribution in [2.45, 2.75) is 24.2 Å². The molecule has 3 N–H and O–H groups in total. The van der Waals surface area contributed by atoms with Crippen molar-refractivity contribution in [2.75, 3.05) is 4.90 Å². The number of urea groups is 1. The first-order chi connectivity index (χ1) is 20.7. The first kappa shape index (κ1) is 27.1. The lowest BCUT2D eigenvalue weighted by atomic mass is 9.49. The Labute approximate surface area is 251 Å². The number of anilines is 1. The number of allylic oxidation sites excluding steroid dienone is 2. The minimum Gasteiger partial charge on any atom is -0.508 e. The van der Waals surface area contributed by atoms with Crippen LogP contribution in [0, 0.1) is 23.7 Å². The van der Waals surface area contributed by atoms with E-state index in [-0.39, 0.29) is 18.6 Å². The quantitative estimate of drug-likeness (QED) is 0.342. The van der Waals surface area contributed by atoms with E-state index in [1.54, 1.807) is 42.5 Å². The van der Waals surface area contributed by atoms with Crippen LogP contribution in [0.15, 0.2) is 90.5 Å². The largest absolute Gasteiger partial charge is 0.508 e. The molecule has 216 valence electrons. The van der Waals surface area contributed by atoms with E-state index in [9.17, 15) is 29.1 Å². The van der Waals surface area contributed by atoms with Crippen LogP contribution in [0.2, 0.25) is 5.02 Å². The molecule has 6 amide bonds. The molecule has 4 aliphatic rings. The minimum absolute atomic E-state index is 0.0239. The van der Waals surface area contributed by atoms with Crippen LogP contribution in [0.3, 0.4) is 0 Å². The van der Waals surface area contributed by atoms with Crippen molar-refractivity contribution in [3.63, 3.8) is 0 Å². The van der Waals surface area contributed by atoms with Gasteiger partial charge in [-0.15, -0.1) is 0 Å². The Morgan fingerprint density at radius 1 is 0.884 bits per heavy atom. The van der Waals surface area contributed by atoms with Gasteiger partial charge in [-0.3, -0.25) is 19.2 Å². The van der Waals surface area contributed by atoms with Crippen LogP contribution in [-0.4, -0.2) is 39.7 Å². The lowest BCUT2D eigenvalue weighted by Crippen LogP contribution is -2.53. The van der Waals surface area contributed by atoms with Gasteiger partial charge in [-0.2, -0.15) is 4.90 Å². The number of carbonyl (C=O) groups excluding carboxylic acids is 5. The summed E-state index contributed by atoms with van der Waals surface area (Å²) in [6.45, 7) is 0. The molecule has 6 atom stereocenters. The number of halogens is 1. The Morgan fingerprint density at radius 2 is 1.63 bits per heavy atom. The highest BCUT2D eigenvalue weighted by molar-refractivity contribution is 6.32. The van der Waals surface area contributed by atoms with Crippen molar-refractivity contribution in [3.05, 3.63) is 107 Å². The number of nitrogens with zero attached hydrogens (tertiary/aromatic N) is 2. The Bertz CT molecular complexity index is 1770. The Kier molecular flexibility index (Phi) is 6.07. The molecule has 0 aromatic heterocycles. The molecule has 2 aliphatic heterocycles. The lowest BCUT2D eigenvalue weighted by molar-refractivity contribution is -0.136. The summed E-state index contributed by atoms with van der Waals surface area (Å²) in [5.74, 6) is -6.35. The van der Waals surface area contributed by atoms with E-state index in [1.807, 2.05) is 36.4 Å². The molecule has 2 aliphatic carbocycles. The Hall–Kier alpha value is -4.76.